The van der Waals surface area contributed by atoms with Crippen LogP contribution < -0.4 is 4.74 Å². The van der Waals surface area contributed by atoms with Crippen molar-refractivity contribution in [2.45, 2.75) is 26.3 Å². The van der Waals surface area contributed by atoms with Crippen LogP contribution in [0.25, 0.3) is 6.08 Å². The van der Waals surface area contributed by atoms with Crippen LogP contribution in [0.15, 0.2) is 30.8 Å². The van der Waals surface area contributed by atoms with E-state index in [4.69, 9.17) is 6.11 Å². The maximum atomic E-state index is 7.07. The molecule has 1 atom stereocenters. The van der Waals surface area contributed by atoms with Crippen LogP contribution in [0.2, 0.25) is 0 Å². The molecule has 0 N–H and O–H groups in total. The zero-order chi connectivity index (χ0) is 10.4. The molecule has 0 bridgehead atoms. The van der Waals surface area contributed by atoms with E-state index in [2.05, 4.69) is 6.58 Å². The van der Waals surface area contributed by atoms with Gasteiger partial charge in [-0.15, -0.1) is 0 Å². The fourth-order valence-electron chi connectivity index (χ4n) is 0.974. The second-order valence-electron chi connectivity index (χ2n) is 2.99. The topological polar surface area (TPSA) is 9.23 Å². The Labute approximate surface area is 81.4 Å². The number of ether oxygens (including phenoxy) is 1. The lowest BCUT2D eigenvalue weighted by molar-refractivity contribution is 0.217. The normalized spacial score (nSPS) is 13.2. The minimum atomic E-state index is 0.113. The number of rotatable bonds is 4. The van der Waals surface area contributed by atoms with Crippen LogP contribution in [0, 0.1) is 0 Å². The molecule has 0 saturated heterocycles. The Hall–Kier alpha value is -1.24. The molecule has 0 saturated carbocycles. The lowest BCUT2D eigenvalue weighted by Crippen LogP contribution is -2.09. The second kappa shape index (κ2) is 4.70. The quantitative estimate of drug-likeness (QED) is 0.685. The summed E-state index contributed by atoms with van der Waals surface area (Å²) in [4.78, 5) is 0. The number of hydrogen-bond donors (Lipinski definition) is 0. The van der Waals surface area contributed by atoms with E-state index < -0.39 is 0 Å². The molecule has 0 aliphatic heterocycles. The number of hydrogen-bond acceptors (Lipinski definition) is 1. The fourth-order valence-corrected chi connectivity index (χ4v) is 0.974. The average molecular weight is 178 g/mol. The van der Waals surface area contributed by atoms with Crippen molar-refractivity contribution in [3.8, 4) is 5.75 Å². The molecule has 1 nitrogen and oxygen atoms in total. The molecule has 13 heavy (non-hydrogen) atoms. The summed E-state index contributed by atoms with van der Waals surface area (Å²) in [5, 5.41) is 0. The van der Waals surface area contributed by atoms with Crippen molar-refractivity contribution in [2.24, 2.45) is 0 Å². The predicted molar refractivity (Wildman–Crippen MR) is 56.9 cm³/mol. The van der Waals surface area contributed by atoms with E-state index in [1.54, 1.807) is 6.08 Å². The average Bonchev–Trinajstić information content (AvgIpc) is 2.19. The molecule has 0 amide bonds. The summed E-state index contributed by atoms with van der Waals surface area (Å²) in [7, 11) is 0. The highest BCUT2D eigenvalue weighted by molar-refractivity contribution is 5.48. The van der Waals surface area contributed by atoms with Gasteiger partial charge in [-0.1, -0.05) is 31.7 Å². The van der Waals surface area contributed by atoms with Gasteiger partial charge in [0, 0.05) is 1.37 Å². The highest BCUT2D eigenvalue weighted by Crippen LogP contribution is 2.15. The Morgan fingerprint density at radius 1 is 1.54 bits per heavy atom. The molecular formula is C12H16O. The third-order valence-corrected chi connectivity index (χ3v) is 1.86. The van der Waals surface area contributed by atoms with Gasteiger partial charge >= 0.3 is 0 Å². The van der Waals surface area contributed by atoms with Crippen molar-refractivity contribution < 1.29 is 6.11 Å². The standard InChI is InChI=1S/C12H16O/c1-4-10(3)13-12-8-6-11(5-2)7-9-12/h5-10H,2,4H2,1,3H3/i1T. The Balaban J connectivity index is 2.55. The molecule has 0 fully saturated rings. The van der Waals surface area contributed by atoms with Crippen LogP contribution in [0.4, 0.5) is 0 Å². The van der Waals surface area contributed by atoms with Crippen LogP contribution in [-0.4, -0.2) is 6.10 Å². The fraction of sp³-hybridized carbons (Fsp3) is 0.333. The zero-order valence-electron chi connectivity index (χ0n) is 8.99. The molecule has 0 spiro atoms. The van der Waals surface area contributed by atoms with Gasteiger partial charge in [0.05, 0.1) is 6.10 Å². The van der Waals surface area contributed by atoms with E-state index in [9.17, 15) is 0 Å². The first kappa shape index (κ1) is 8.36. The van der Waals surface area contributed by atoms with Gasteiger partial charge in [0.25, 0.3) is 0 Å². The first-order valence-corrected chi connectivity index (χ1v) is 4.44. The van der Waals surface area contributed by atoms with E-state index in [1.165, 1.54) is 0 Å². The van der Waals surface area contributed by atoms with E-state index in [0.717, 1.165) is 17.7 Å². The Morgan fingerprint density at radius 3 is 2.77 bits per heavy atom. The first-order chi connectivity index (χ1) is 6.76. The molecule has 1 aromatic rings. The maximum absolute atomic E-state index is 7.07. The van der Waals surface area contributed by atoms with Crippen molar-refractivity contribution in [1.82, 2.24) is 0 Å². The van der Waals surface area contributed by atoms with Crippen molar-refractivity contribution >= 4 is 6.08 Å². The minimum Gasteiger partial charge on any atom is -0.491 e. The van der Waals surface area contributed by atoms with Gasteiger partial charge in [0.1, 0.15) is 5.75 Å². The van der Waals surface area contributed by atoms with E-state index >= 15 is 0 Å². The van der Waals surface area contributed by atoms with E-state index in [0.29, 0.717) is 6.90 Å². The molecule has 0 radical (unpaired) electrons. The SMILES string of the molecule is [3H]CCC(C)Oc1ccc(C=C)cc1. The van der Waals surface area contributed by atoms with Crippen LogP contribution in [0.1, 0.15) is 27.2 Å². The molecule has 1 heteroatoms. The molecule has 0 aliphatic carbocycles. The summed E-state index contributed by atoms with van der Waals surface area (Å²) >= 11 is 0. The number of benzene rings is 1. The first-order valence-electron chi connectivity index (χ1n) is 5.15. The third kappa shape index (κ3) is 2.94. The van der Waals surface area contributed by atoms with Gasteiger partial charge in [-0.25, -0.2) is 0 Å². The summed E-state index contributed by atoms with van der Waals surface area (Å²) in [6.07, 6.45) is 2.68. The van der Waals surface area contributed by atoms with Gasteiger partial charge in [-0.05, 0) is 31.0 Å². The summed E-state index contributed by atoms with van der Waals surface area (Å²) in [6, 6.07) is 7.79. The highest BCUT2D eigenvalue weighted by atomic mass is 16.5. The molecule has 0 heterocycles. The lowest BCUT2D eigenvalue weighted by Gasteiger charge is -2.12. The van der Waals surface area contributed by atoms with Crippen molar-refractivity contribution in [3.05, 3.63) is 36.4 Å². The lowest BCUT2D eigenvalue weighted by atomic mass is 10.2. The third-order valence-electron chi connectivity index (χ3n) is 1.86. The zero-order valence-corrected chi connectivity index (χ0v) is 7.99. The van der Waals surface area contributed by atoms with Gasteiger partial charge in [-0.3, -0.25) is 0 Å². The summed E-state index contributed by atoms with van der Waals surface area (Å²) in [5.74, 6) is 0.858. The predicted octanol–water partition coefficient (Wildman–Crippen LogP) is 3.51. The maximum Gasteiger partial charge on any atom is 0.119 e. The van der Waals surface area contributed by atoms with Gasteiger partial charge in [0.2, 0.25) is 0 Å². The Kier molecular flexibility index (Phi) is 3.03. The summed E-state index contributed by atoms with van der Waals surface area (Å²) in [5.41, 5.74) is 1.09. The molecule has 0 aromatic heterocycles. The molecule has 1 unspecified atom stereocenters. The van der Waals surface area contributed by atoms with Crippen LogP contribution in [0.3, 0.4) is 0 Å². The monoisotopic (exact) mass is 178 g/mol. The molecule has 70 valence electrons. The van der Waals surface area contributed by atoms with Gasteiger partial charge in [-0.2, -0.15) is 0 Å². The molecular weight excluding hydrogens is 160 g/mol. The van der Waals surface area contributed by atoms with Crippen LogP contribution in [-0.2, 0) is 0 Å². The van der Waals surface area contributed by atoms with E-state index in [1.807, 2.05) is 31.2 Å². The molecule has 1 aromatic carbocycles. The van der Waals surface area contributed by atoms with E-state index in [-0.39, 0.29) is 6.10 Å². The highest BCUT2D eigenvalue weighted by Gasteiger charge is 1.99. The minimum absolute atomic E-state index is 0.113. The summed E-state index contributed by atoms with van der Waals surface area (Å²) < 4.78 is 12.7. The van der Waals surface area contributed by atoms with Crippen LogP contribution >= 0.6 is 0 Å². The second-order valence-corrected chi connectivity index (χ2v) is 2.99. The molecule has 1 rings (SSSR count). The van der Waals surface area contributed by atoms with Gasteiger partial charge < -0.3 is 4.74 Å². The van der Waals surface area contributed by atoms with Crippen molar-refractivity contribution in [2.75, 3.05) is 0 Å². The Bertz CT molecular complexity index is 279. The summed E-state index contributed by atoms with van der Waals surface area (Å²) in [6.45, 7) is 6.08. The smallest absolute Gasteiger partial charge is 0.119 e. The van der Waals surface area contributed by atoms with Gasteiger partial charge in [0.15, 0.2) is 0 Å². The van der Waals surface area contributed by atoms with Crippen LogP contribution in [0.5, 0.6) is 5.75 Å². The largest absolute Gasteiger partial charge is 0.491 e. The van der Waals surface area contributed by atoms with Crippen molar-refractivity contribution in [1.29, 1.82) is 0 Å². The van der Waals surface area contributed by atoms with Crippen molar-refractivity contribution in [3.63, 3.8) is 0 Å². The molecule has 0 aliphatic rings. The Morgan fingerprint density at radius 2 is 2.23 bits per heavy atom.